The zero-order chi connectivity index (χ0) is 102. The van der Waals surface area contributed by atoms with E-state index in [0.29, 0.717) is 33.4 Å². The number of ether oxygens (including phenoxy) is 2. The van der Waals surface area contributed by atoms with Gasteiger partial charge < -0.3 is 24.8 Å². The maximum Gasteiger partial charge on any atom is 0.416 e. The number of aryl methyl sites for hydroxylation is 7. The smallest absolute Gasteiger partial charge is 0.416 e. The van der Waals surface area contributed by atoms with Crippen LogP contribution in [0.4, 0.5) is 52.7 Å². The van der Waals surface area contributed by atoms with Gasteiger partial charge in [-0.25, -0.2) is 39.5 Å². The highest BCUT2D eigenvalue weighted by atomic mass is 19.4. The van der Waals surface area contributed by atoms with Crippen molar-refractivity contribution in [3.05, 3.63) is 554 Å². The van der Waals surface area contributed by atoms with Gasteiger partial charge in [-0.2, -0.15) is 13.2 Å². The number of benzene rings is 16. The summed E-state index contributed by atoms with van der Waals surface area (Å²) < 4.78 is 166. The molecule has 0 fully saturated rings. The molecule has 16 aromatic rings. The standard InChI is InChI=1S/C18H20O3.C17H18O2.C16H13F3.3C15H12F2.C15H13F.C14H10F2/c1-13-3-5-17(12-20)16(9-13)8-7-15-6-4-14(11-19)10-18(15)21-2;1-13-6-8-14(9-7-13)10-11-15-4-3-5-16(12-18)17(15)19-2;1-12-5-7-13(8-6-12)9-10-14-3-2-4-15(11-14)16(17,18)19;1-11-2-6-13(15(17)10-11)7-3-12-4-8-14(16)9-5-12;1-11-5-8-15(17)13(9-11)7-6-12-3-2-4-14(16)10-12;1-11-5-7-13(15(17)9-11)8-6-12-3-2-4-14(16)10-12;1-12-5-7-13(8-6-12)9-10-14-3-2-4-15(16)11-14;15-13-5-1-3-11(9-13)7-8-12-4-2-6-14(16)10-12/h3-10,19-20H,11-12H2,1-2H3;3-11,18H,12H2,1-2H3;2-11H,1H3;3*2-10H,1H3;2-11H,1H3;1-10H/b8-7+;11-10+;10-9+;7-3+;7-6+;8-6+;10-9+;8-7+. The Labute approximate surface area is 824 Å². The SMILES string of the molecule is COc1c(/C=C/c2ccc(C)cc2)cccc1CO.COc1cc(CO)ccc1/C=C/c1cc(C)ccc1CO.Cc1ccc(/C=C/c2ccc(F)cc2)c(F)c1.Cc1ccc(/C=C/c2cccc(C(F)(F)F)c2)cc1.Cc1ccc(/C=C/c2cccc(F)c2)c(F)c1.Cc1ccc(/C=C/c2cccc(F)c2)cc1.Cc1ccc(F)c(/C=C/c2cccc(F)c2)c1.Fc1cccc(/C=C/c2cccc(F)c2)c1. The van der Waals surface area contributed by atoms with Gasteiger partial charge in [0.25, 0.3) is 0 Å². The molecular formula is C125H110F12O5. The molecule has 0 aliphatic heterocycles. The van der Waals surface area contributed by atoms with Gasteiger partial charge in [0.1, 0.15) is 63.9 Å². The zero-order valence-corrected chi connectivity index (χ0v) is 80.0. The fourth-order valence-corrected chi connectivity index (χ4v) is 13.4. The Bertz CT molecular complexity index is 6920. The van der Waals surface area contributed by atoms with Gasteiger partial charge in [0.15, 0.2) is 0 Å². The first-order chi connectivity index (χ1) is 68.3. The highest BCUT2D eigenvalue weighted by Gasteiger charge is 2.30. The number of alkyl halides is 3. The third-order valence-corrected chi connectivity index (χ3v) is 21.1. The van der Waals surface area contributed by atoms with E-state index in [1.807, 2.05) is 180 Å². The first-order valence-corrected chi connectivity index (χ1v) is 45.2. The van der Waals surface area contributed by atoms with Crippen molar-refractivity contribution in [2.45, 2.75) is 74.5 Å². The normalized spacial score (nSPS) is 11.1. The van der Waals surface area contributed by atoms with E-state index in [1.54, 1.807) is 172 Å². The van der Waals surface area contributed by atoms with Crippen molar-refractivity contribution in [3.63, 3.8) is 0 Å². The zero-order valence-electron chi connectivity index (χ0n) is 80.0. The minimum absolute atomic E-state index is 0.00705. The molecule has 17 heteroatoms. The summed E-state index contributed by atoms with van der Waals surface area (Å²) in [4.78, 5) is 0. The molecule has 3 N–H and O–H groups in total. The molecule has 0 radical (unpaired) electrons. The molecule has 0 unspecified atom stereocenters. The van der Waals surface area contributed by atoms with Crippen molar-refractivity contribution in [3.8, 4) is 11.5 Å². The van der Waals surface area contributed by atoms with E-state index in [1.165, 1.54) is 108 Å². The first kappa shape index (κ1) is 110. The third kappa shape index (κ3) is 39.2. The van der Waals surface area contributed by atoms with E-state index in [2.05, 4.69) is 50.2 Å². The summed E-state index contributed by atoms with van der Waals surface area (Å²) in [5, 5.41) is 27.8. The Morgan fingerprint density at radius 1 is 0.218 bits per heavy atom. The Kier molecular flexibility index (Phi) is 44.4. The van der Waals surface area contributed by atoms with E-state index in [9.17, 15) is 62.9 Å². The van der Waals surface area contributed by atoms with Crippen LogP contribution < -0.4 is 9.47 Å². The van der Waals surface area contributed by atoms with Crippen molar-refractivity contribution in [1.82, 2.24) is 0 Å². The van der Waals surface area contributed by atoms with E-state index in [-0.39, 0.29) is 72.2 Å². The molecule has 142 heavy (non-hydrogen) atoms. The number of halogens is 12. The van der Waals surface area contributed by atoms with Gasteiger partial charge in [-0.3, -0.25) is 0 Å². The Morgan fingerprint density at radius 2 is 0.528 bits per heavy atom. The van der Waals surface area contributed by atoms with E-state index >= 15 is 0 Å². The van der Waals surface area contributed by atoms with Crippen LogP contribution in [0.5, 0.6) is 11.5 Å². The van der Waals surface area contributed by atoms with Gasteiger partial charge in [0, 0.05) is 33.4 Å². The van der Waals surface area contributed by atoms with Gasteiger partial charge in [-0.1, -0.05) is 362 Å². The molecule has 0 aromatic heterocycles. The second-order valence-electron chi connectivity index (χ2n) is 32.7. The number of hydrogen-bond acceptors (Lipinski definition) is 5. The monoisotopic (exact) mass is 1920 g/mol. The van der Waals surface area contributed by atoms with Gasteiger partial charge >= 0.3 is 6.18 Å². The van der Waals surface area contributed by atoms with Crippen LogP contribution in [0.3, 0.4) is 0 Å². The van der Waals surface area contributed by atoms with Crippen LogP contribution >= 0.6 is 0 Å². The summed E-state index contributed by atoms with van der Waals surface area (Å²) in [7, 11) is 3.23. The lowest BCUT2D eigenvalue weighted by Crippen LogP contribution is -2.04. The van der Waals surface area contributed by atoms with E-state index in [0.717, 1.165) is 124 Å². The van der Waals surface area contributed by atoms with E-state index in [4.69, 9.17) is 14.6 Å². The number of para-hydroxylation sites is 1. The molecule has 0 atom stereocenters. The fraction of sp³-hybridized carbons (Fsp3) is 0.104. The highest BCUT2D eigenvalue weighted by molar-refractivity contribution is 5.78. The largest absolute Gasteiger partial charge is 0.496 e. The van der Waals surface area contributed by atoms with Crippen molar-refractivity contribution < 1.29 is 77.5 Å². The van der Waals surface area contributed by atoms with Gasteiger partial charge in [-0.05, 0) is 247 Å². The fourth-order valence-electron chi connectivity index (χ4n) is 13.4. The molecular weight excluding hydrogens is 1810 g/mol. The molecule has 5 nitrogen and oxygen atoms in total. The molecule has 16 aromatic carbocycles. The third-order valence-electron chi connectivity index (χ3n) is 21.1. The van der Waals surface area contributed by atoms with Gasteiger partial charge in [-0.15, -0.1) is 0 Å². The Hall–Kier alpha value is -15.9. The minimum Gasteiger partial charge on any atom is -0.496 e. The molecule has 724 valence electrons. The van der Waals surface area contributed by atoms with Crippen LogP contribution in [0.15, 0.2) is 352 Å². The summed E-state index contributed by atoms with van der Waals surface area (Å²) >= 11 is 0. The maximum absolute atomic E-state index is 13.5. The number of aliphatic hydroxyl groups is 3. The highest BCUT2D eigenvalue weighted by Crippen LogP contribution is 2.32. The molecule has 0 heterocycles. The molecule has 16 rings (SSSR count). The maximum atomic E-state index is 13.5. The second kappa shape index (κ2) is 57.5. The molecule has 0 aliphatic carbocycles. The summed E-state index contributed by atoms with van der Waals surface area (Å²) in [6, 6.07) is 99.4. The van der Waals surface area contributed by atoms with Crippen LogP contribution in [0.2, 0.25) is 0 Å². The molecule has 0 amide bonds. The molecule has 0 aliphatic rings. The molecule has 0 saturated heterocycles. The average molecular weight is 1920 g/mol. The van der Waals surface area contributed by atoms with Crippen molar-refractivity contribution in [2.75, 3.05) is 14.2 Å². The molecule has 0 bridgehead atoms. The second-order valence-corrected chi connectivity index (χ2v) is 32.7. The lowest BCUT2D eigenvalue weighted by Gasteiger charge is -2.09. The summed E-state index contributed by atoms with van der Waals surface area (Å²) in [5.74, 6) is -0.959. The van der Waals surface area contributed by atoms with Crippen LogP contribution in [-0.2, 0) is 26.0 Å². The lowest BCUT2D eigenvalue weighted by molar-refractivity contribution is -0.137. The topological polar surface area (TPSA) is 79.2 Å². The molecule has 0 saturated carbocycles. The minimum atomic E-state index is -4.30. The van der Waals surface area contributed by atoms with Crippen LogP contribution in [0.25, 0.3) is 97.2 Å². The first-order valence-electron chi connectivity index (χ1n) is 45.2. The predicted molar refractivity (Wildman–Crippen MR) is 563 cm³/mol. The number of methoxy groups -OCH3 is 2. The average Bonchev–Trinajstić information content (AvgIpc) is 0.846. The lowest BCUT2D eigenvalue weighted by atomic mass is 10.0. The Morgan fingerprint density at radius 3 is 0.908 bits per heavy atom. The van der Waals surface area contributed by atoms with Crippen molar-refractivity contribution >= 4 is 97.2 Å². The quantitative estimate of drug-likeness (QED) is 0.0494. The summed E-state index contributed by atoms with van der Waals surface area (Å²) in [6.45, 7) is 13.7. The van der Waals surface area contributed by atoms with Gasteiger partial charge in [0.05, 0.1) is 39.6 Å². The van der Waals surface area contributed by atoms with Crippen LogP contribution in [0.1, 0.15) is 150 Å². The van der Waals surface area contributed by atoms with E-state index < -0.39 is 11.7 Å². The predicted octanol–water partition coefficient (Wildman–Crippen LogP) is 33.8. The van der Waals surface area contributed by atoms with Crippen LogP contribution in [-0.4, -0.2) is 29.5 Å². The summed E-state index contributed by atoms with van der Waals surface area (Å²) in [6.07, 6.45) is 24.7. The van der Waals surface area contributed by atoms with Crippen molar-refractivity contribution in [2.24, 2.45) is 0 Å². The van der Waals surface area contributed by atoms with Crippen molar-refractivity contribution in [1.29, 1.82) is 0 Å². The summed E-state index contributed by atoms with van der Waals surface area (Å²) in [5.41, 5.74) is 22.3. The Balaban J connectivity index is 0.000000181. The van der Waals surface area contributed by atoms with Crippen LogP contribution in [0, 0.1) is 101 Å². The number of rotatable bonds is 21. The number of hydrogen-bond donors (Lipinski definition) is 3. The number of aliphatic hydroxyl groups excluding tert-OH is 3. The molecule has 0 spiro atoms. The van der Waals surface area contributed by atoms with Gasteiger partial charge in [0.2, 0.25) is 0 Å².